The summed E-state index contributed by atoms with van der Waals surface area (Å²) in [6.07, 6.45) is 0. The Morgan fingerprint density at radius 1 is 1.53 bits per heavy atom. The Morgan fingerprint density at radius 2 is 2.00 bits per heavy atom. The summed E-state index contributed by atoms with van der Waals surface area (Å²) in [5.74, 6) is -1.13. The molecule has 17 heavy (non-hydrogen) atoms. The third-order valence-electron chi connectivity index (χ3n) is 1.59. The molecule has 0 radical (unpaired) electrons. The number of aromatic nitrogens is 1. The van der Waals surface area contributed by atoms with Crippen LogP contribution in [0.3, 0.4) is 0 Å². The van der Waals surface area contributed by atoms with E-state index in [-0.39, 0.29) is 11.4 Å². The van der Waals surface area contributed by atoms with Crippen LogP contribution in [0.15, 0.2) is 10.5 Å². The van der Waals surface area contributed by atoms with Gasteiger partial charge >= 0.3 is 5.97 Å². The van der Waals surface area contributed by atoms with Crippen molar-refractivity contribution >= 4 is 33.7 Å². The van der Waals surface area contributed by atoms with Crippen LogP contribution in [0.5, 0.6) is 0 Å². The molecule has 1 aromatic rings. The Morgan fingerprint density at radius 3 is 2.41 bits per heavy atom. The van der Waals surface area contributed by atoms with E-state index in [1.165, 1.54) is 7.11 Å². The van der Waals surface area contributed by atoms with Gasteiger partial charge in [0.2, 0.25) is 0 Å². The highest BCUT2D eigenvalue weighted by molar-refractivity contribution is 9.10. The predicted octanol–water partition coefficient (Wildman–Crippen LogP) is 1.61. The molecule has 0 saturated heterocycles. The van der Waals surface area contributed by atoms with Gasteiger partial charge in [-0.1, -0.05) is 0 Å². The first-order valence-corrected chi connectivity index (χ1v) is 5.29. The lowest BCUT2D eigenvalue weighted by molar-refractivity contribution is -0.134. The van der Waals surface area contributed by atoms with Gasteiger partial charge in [-0.05, 0) is 28.9 Å². The summed E-state index contributed by atoms with van der Waals surface area (Å²) < 4.78 is 5.27. The van der Waals surface area contributed by atoms with E-state index in [0.29, 0.717) is 0 Å². The first-order chi connectivity index (χ1) is 7.79. The van der Waals surface area contributed by atoms with Crippen molar-refractivity contribution in [3.05, 3.63) is 21.8 Å². The van der Waals surface area contributed by atoms with Crippen molar-refractivity contribution in [2.45, 2.75) is 13.8 Å². The highest BCUT2D eigenvalue weighted by Gasteiger charge is 2.12. The topological polar surface area (TPSA) is 103 Å². The zero-order chi connectivity index (χ0) is 13.6. The summed E-state index contributed by atoms with van der Waals surface area (Å²) in [7, 11) is 1.30. The van der Waals surface area contributed by atoms with Gasteiger partial charge in [0, 0.05) is 11.4 Å². The highest BCUT2D eigenvalue weighted by atomic mass is 79.9. The molecule has 3 N–H and O–H groups in total. The Hall–Kier alpha value is -1.63. The van der Waals surface area contributed by atoms with Crippen molar-refractivity contribution in [2.75, 3.05) is 12.8 Å². The number of aryl methyl sites for hydroxylation is 1. The Labute approximate surface area is 107 Å². The number of nitrogens with zero attached hydrogens (tertiary/aromatic N) is 1. The zero-order valence-electron chi connectivity index (χ0n) is 9.65. The minimum atomic E-state index is -0.833. The molecular formula is C10H13BrN2O4. The number of anilines is 1. The number of carbonyl (C=O) groups is 2. The quantitative estimate of drug-likeness (QED) is 0.764. The van der Waals surface area contributed by atoms with E-state index < -0.39 is 11.9 Å². The van der Waals surface area contributed by atoms with E-state index >= 15 is 0 Å². The summed E-state index contributed by atoms with van der Waals surface area (Å²) in [4.78, 5) is 24.1. The molecule has 94 valence electrons. The largest absolute Gasteiger partial charge is 0.481 e. The molecule has 0 spiro atoms. The second-order valence-corrected chi connectivity index (χ2v) is 3.85. The molecule has 1 heterocycles. The van der Waals surface area contributed by atoms with Gasteiger partial charge < -0.3 is 15.6 Å². The molecule has 0 atom stereocenters. The van der Waals surface area contributed by atoms with Gasteiger partial charge in [0.15, 0.2) is 0 Å². The molecule has 0 aliphatic rings. The number of esters is 1. The second-order valence-electron chi connectivity index (χ2n) is 3.00. The number of rotatable bonds is 1. The molecule has 7 heteroatoms. The predicted molar refractivity (Wildman–Crippen MR) is 65.7 cm³/mol. The van der Waals surface area contributed by atoms with Crippen molar-refractivity contribution < 1.29 is 19.4 Å². The van der Waals surface area contributed by atoms with Crippen LogP contribution in [0.2, 0.25) is 0 Å². The van der Waals surface area contributed by atoms with Gasteiger partial charge in [-0.2, -0.15) is 0 Å². The van der Waals surface area contributed by atoms with Crippen molar-refractivity contribution in [2.24, 2.45) is 0 Å². The van der Waals surface area contributed by atoms with Gasteiger partial charge in [0.1, 0.15) is 11.4 Å². The van der Waals surface area contributed by atoms with Crippen LogP contribution in [0.4, 0.5) is 5.82 Å². The molecule has 0 amide bonds. The van der Waals surface area contributed by atoms with Crippen molar-refractivity contribution in [1.82, 2.24) is 4.98 Å². The molecule has 0 fully saturated rings. The number of nitrogen functional groups attached to an aromatic ring is 1. The van der Waals surface area contributed by atoms with E-state index in [1.54, 1.807) is 13.0 Å². The molecule has 0 unspecified atom stereocenters. The monoisotopic (exact) mass is 304 g/mol. The van der Waals surface area contributed by atoms with Gasteiger partial charge in [0.05, 0.1) is 12.8 Å². The van der Waals surface area contributed by atoms with Crippen LogP contribution in [0.25, 0.3) is 0 Å². The zero-order valence-corrected chi connectivity index (χ0v) is 11.2. The van der Waals surface area contributed by atoms with Crippen LogP contribution in [-0.4, -0.2) is 29.1 Å². The lowest BCUT2D eigenvalue weighted by Gasteiger charge is -2.05. The lowest BCUT2D eigenvalue weighted by atomic mass is 10.2. The number of ether oxygens (including phenoxy) is 1. The summed E-state index contributed by atoms with van der Waals surface area (Å²) in [6.45, 7) is 2.88. The fourth-order valence-electron chi connectivity index (χ4n) is 0.873. The molecule has 0 aliphatic heterocycles. The highest BCUT2D eigenvalue weighted by Crippen LogP contribution is 2.20. The molecule has 1 aromatic heterocycles. The summed E-state index contributed by atoms with van der Waals surface area (Å²) in [5, 5.41) is 7.42. The molecular weight excluding hydrogens is 292 g/mol. The number of pyridine rings is 1. The number of carbonyl (C=O) groups excluding carboxylic acids is 1. The number of methoxy groups -OCH3 is 1. The molecule has 0 aliphatic carbocycles. The van der Waals surface area contributed by atoms with E-state index in [1.807, 2.05) is 0 Å². The van der Waals surface area contributed by atoms with Crippen LogP contribution in [0, 0.1) is 6.92 Å². The summed E-state index contributed by atoms with van der Waals surface area (Å²) >= 11 is 3.25. The van der Waals surface area contributed by atoms with E-state index in [4.69, 9.17) is 15.6 Å². The van der Waals surface area contributed by atoms with E-state index in [2.05, 4.69) is 25.7 Å². The van der Waals surface area contributed by atoms with Crippen molar-refractivity contribution in [3.8, 4) is 0 Å². The Kier molecular flexibility index (Phi) is 6.19. The first kappa shape index (κ1) is 15.4. The first-order valence-electron chi connectivity index (χ1n) is 4.50. The van der Waals surface area contributed by atoms with Crippen molar-refractivity contribution in [3.63, 3.8) is 0 Å². The third-order valence-corrected chi connectivity index (χ3v) is 2.39. The van der Waals surface area contributed by atoms with Crippen LogP contribution < -0.4 is 5.73 Å². The summed E-state index contributed by atoms with van der Waals surface area (Å²) in [5.41, 5.74) is 6.55. The SMILES string of the molecule is CC(=O)O.COC(=O)c1cc(Br)c(C)nc1N. The number of hydrogen-bond donors (Lipinski definition) is 2. The van der Waals surface area contributed by atoms with Gasteiger partial charge in [-0.15, -0.1) is 0 Å². The van der Waals surface area contributed by atoms with Gasteiger partial charge in [-0.3, -0.25) is 4.79 Å². The van der Waals surface area contributed by atoms with Crippen molar-refractivity contribution in [1.29, 1.82) is 0 Å². The third kappa shape index (κ3) is 5.30. The van der Waals surface area contributed by atoms with Crippen LogP contribution in [0.1, 0.15) is 23.0 Å². The minimum absolute atomic E-state index is 0.188. The number of aliphatic carboxylic acids is 1. The fraction of sp³-hybridized carbons (Fsp3) is 0.300. The fourth-order valence-corrected chi connectivity index (χ4v) is 1.19. The smallest absolute Gasteiger partial charge is 0.341 e. The maximum Gasteiger partial charge on any atom is 0.341 e. The number of carboxylic acid groups (broad SMARTS) is 1. The summed E-state index contributed by atoms with van der Waals surface area (Å²) in [6, 6.07) is 1.60. The second kappa shape index (κ2) is 6.85. The number of halogens is 1. The average molecular weight is 305 g/mol. The Bertz CT molecular complexity index is 431. The molecule has 1 rings (SSSR count). The van der Waals surface area contributed by atoms with Crippen LogP contribution in [-0.2, 0) is 9.53 Å². The van der Waals surface area contributed by atoms with Gasteiger partial charge in [0.25, 0.3) is 5.97 Å². The molecule has 0 bridgehead atoms. The molecule has 0 aromatic carbocycles. The Balaban J connectivity index is 0.000000557. The van der Waals surface area contributed by atoms with E-state index in [0.717, 1.165) is 17.1 Å². The van der Waals surface area contributed by atoms with E-state index in [9.17, 15) is 4.79 Å². The number of nitrogens with two attached hydrogens (primary N) is 1. The molecule has 0 saturated carbocycles. The number of carboxylic acids is 1. The molecule has 6 nitrogen and oxygen atoms in total. The average Bonchev–Trinajstić information content (AvgIpc) is 2.21. The normalized spacial score (nSPS) is 8.94. The lowest BCUT2D eigenvalue weighted by Crippen LogP contribution is -2.08. The minimum Gasteiger partial charge on any atom is -0.481 e. The standard InChI is InChI=1S/C8H9BrN2O2.C2H4O2/c1-4-6(9)3-5(7(10)11-4)8(12)13-2;1-2(3)4/h3H,1-2H3,(H2,10,11);1H3,(H,3,4). The van der Waals surface area contributed by atoms with Gasteiger partial charge in [-0.25, -0.2) is 9.78 Å². The maximum absolute atomic E-state index is 11.1. The maximum atomic E-state index is 11.1. The van der Waals surface area contributed by atoms with Crippen LogP contribution >= 0.6 is 15.9 Å². The number of hydrogen-bond acceptors (Lipinski definition) is 5.